The second-order valence-corrected chi connectivity index (χ2v) is 8.29. The molecule has 2 amide bonds. The van der Waals surface area contributed by atoms with Crippen molar-refractivity contribution in [3.8, 4) is 5.75 Å². The predicted molar refractivity (Wildman–Crippen MR) is 118 cm³/mol. The van der Waals surface area contributed by atoms with Gasteiger partial charge in [0.25, 0.3) is 11.8 Å². The van der Waals surface area contributed by atoms with Crippen LogP contribution < -0.4 is 9.64 Å². The molecule has 0 radical (unpaired) electrons. The number of nitrogens with zero attached hydrogens (tertiary/aromatic N) is 1. The minimum absolute atomic E-state index is 0.0272. The van der Waals surface area contributed by atoms with Crippen molar-refractivity contribution in [2.24, 2.45) is 0 Å². The van der Waals surface area contributed by atoms with E-state index in [2.05, 4.69) is 0 Å². The van der Waals surface area contributed by atoms with Gasteiger partial charge in [-0.15, -0.1) is 11.8 Å². The Morgan fingerprint density at radius 2 is 1.78 bits per heavy atom. The molecule has 3 aromatic rings. The molecule has 32 heavy (non-hydrogen) atoms. The van der Waals surface area contributed by atoms with Gasteiger partial charge in [0.05, 0.1) is 34.3 Å². The summed E-state index contributed by atoms with van der Waals surface area (Å²) in [4.78, 5) is 27.3. The Morgan fingerprint density at radius 3 is 2.44 bits per heavy atom. The zero-order valence-corrected chi connectivity index (χ0v) is 18.1. The Labute approximate surface area is 187 Å². The van der Waals surface area contributed by atoms with Gasteiger partial charge < -0.3 is 9.15 Å². The standard InChI is InChI=1S/C24H19F2NO4S/c1-14(2)31-17-8-5-15(6-9-17)21-22(32-13-18-4-3-11-30-18)24(29)27(23(21)28)20-12-16(25)7-10-19(20)26/h3-12,14H,13H2,1-2H3. The number of amides is 2. The van der Waals surface area contributed by atoms with Crippen LogP contribution in [-0.2, 0) is 15.3 Å². The smallest absolute Gasteiger partial charge is 0.272 e. The summed E-state index contributed by atoms with van der Waals surface area (Å²) in [5.41, 5.74) is 0.165. The number of halogens is 2. The van der Waals surface area contributed by atoms with Gasteiger partial charge in [-0.1, -0.05) is 12.1 Å². The number of thioether (sulfide) groups is 1. The molecule has 0 bridgehead atoms. The van der Waals surface area contributed by atoms with E-state index in [4.69, 9.17) is 9.15 Å². The SMILES string of the molecule is CC(C)Oc1ccc(C2=C(SCc3ccco3)C(=O)N(c3cc(F)ccc3F)C2=O)cc1. The van der Waals surface area contributed by atoms with Gasteiger partial charge in [0.2, 0.25) is 0 Å². The highest BCUT2D eigenvalue weighted by molar-refractivity contribution is 8.03. The van der Waals surface area contributed by atoms with Crippen LogP contribution in [0, 0.1) is 11.6 Å². The maximum atomic E-state index is 14.4. The molecule has 0 spiro atoms. The Morgan fingerprint density at radius 1 is 1.03 bits per heavy atom. The van der Waals surface area contributed by atoms with E-state index in [9.17, 15) is 18.4 Å². The molecule has 0 unspecified atom stereocenters. The van der Waals surface area contributed by atoms with Gasteiger partial charge in [0, 0.05) is 6.07 Å². The van der Waals surface area contributed by atoms with E-state index in [1.807, 2.05) is 13.8 Å². The van der Waals surface area contributed by atoms with Crippen molar-refractivity contribution in [3.05, 3.63) is 88.7 Å². The summed E-state index contributed by atoms with van der Waals surface area (Å²) in [5.74, 6) is -1.55. The molecule has 0 saturated heterocycles. The van der Waals surface area contributed by atoms with Gasteiger partial charge >= 0.3 is 0 Å². The van der Waals surface area contributed by atoms with Crippen LogP contribution in [0.15, 0.2) is 70.2 Å². The normalized spacial score (nSPS) is 14.1. The highest BCUT2D eigenvalue weighted by Crippen LogP contribution is 2.40. The van der Waals surface area contributed by atoms with Crippen LogP contribution in [0.3, 0.4) is 0 Å². The number of hydrogen-bond donors (Lipinski definition) is 0. The van der Waals surface area contributed by atoms with E-state index in [-0.39, 0.29) is 16.6 Å². The first-order valence-electron chi connectivity index (χ1n) is 9.85. The fraction of sp³-hybridized carbons (Fsp3) is 0.167. The lowest BCUT2D eigenvalue weighted by Gasteiger charge is -2.16. The lowest BCUT2D eigenvalue weighted by atomic mass is 10.1. The van der Waals surface area contributed by atoms with Gasteiger partial charge in [-0.2, -0.15) is 0 Å². The molecule has 0 fully saturated rings. The number of carbonyl (C=O) groups is 2. The molecule has 2 aromatic carbocycles. The zero-order chi connectivity index (χ0) is 22.8. The molecular formula is C24H19F2NO4S. The molecule has 164 valence electrons. The highest BCUT2D eigenvalue weighted by atomic mass is 32.2. The molecule has 1 aromatic heterocycles. The summed E-state index contributed by atoms with van der Waals surface area (Å²) in [6, 6.07) is 12.8. The van der Waals surface area contributed by atoms with Crippen LogP contribution in [0.2, 0.25) is 0 Å². The van der Waals surface area contributed by atoms with Crippen molar-refractivity contribution in [2.75, 3.05) is 4.90 Å². The molecule has 2 heterocycles. The average Bonchev–Trinajstić information content (AvgIpc) is 3.35. The van der Waals surface area contributed by atoms with Gasteiger partial charge in [0.15, 0.2) is 0 Å². The fourth-order valence-electron chi connectivity index (χ4n) is 3.28. The van der Waals surface area contributed by atoms with Crippen molar-refractivity contribution in [2.45, 2.75) is 25.7 Å². The first-order chi connectivity index (χ1) is 15.3. The molecule has 8 heteroatoms. The molecule has 5 nitrogen and oxygen atoms in total. The fourth-order valence-corrected chi connectivity index (χ4v) is 4.30. The topological polar surface area (TPSA) is 59.8 Å². The summed E-state index contributed by atoms with van der Waals surface area (Å²) in [5, 5.41) is 0. The van der Waals surface area contributed by atoms with Gasteiger partial charge in [-0.25, -0.2) is 13.7 Å². The minimum atomic E-state index is -0.870. The number of ether oxygens (including phenoxy) is 1. The Balaban J connectivity index is 1.74. The predicted octanol–water partition coefficient (Wildman–Crippen LogP) is 5.56. The van der Waals surface area contributed by atoms with E-state index in [0.717, 1.165) is 30.0 Å². The third-order valence-electron chi connectivity index (χ3n) is 4.64. The average molecular weight is 455 g/mol. The largest absolute Gasteiger partial charge is 0.491 e. The molecule has 0 aliphatic carbocycles. The van der Waals surface area contributed by atoms with Crippen LogP contribution in [0.1, 0.15) is 25.2 Å². The number of anilines is 1. The van der Waals surface area contributed by atoms with Gasteiger partial charge in [-0.05, 0) is 55.8 Å². The molecule has 0 N–H and O–H groups in total. The Bertz CT molecular complexity index is 1190. The molecule has 4 rings (SSSR count). The zero-order valence-electron chi connectivity index (χ0n) is 17.3. The van der Waals surface area contributed by atoms with E-state index in [0.29, 0.717) is 27.7 Å². The van der Waals surface area contributed by atoms with Gasteiger partial charge in [0.1, 0.15) is 23.1 Å². The number of carbonyl (C=O) groups excluding carboxylic acids is 2. The number of rotatable bonds is 7. The van der Waals surface area contributed by atoms with Crippen molar-refractivity contribution in [1.29, 1.82) is 0 Å². The summed E-state index contributed by atoms with van der Waals surface area (Å²) >= 11 is 1.11. The monoisotopic (exact) mass is 455 g/mol. The highest BCUT2D eigenvalue weighted by Gasteiger charge is 2.41. The lowest BCUT2D eigenvalue weighted by Crippen LogP contribution is -2.32. The van der Waals surface area contributed by atoms with Crippen LogP contribution in [0.5, 0.6) is 5.75 Å². The van der Waals surface area contributed by atoms with Crippen LogP contribution in [0.25, 0.3) is 5.57 Å². The third-order valence-corrected chi connectivity index (χ3v) is 5.74. The van der Waals surface area contributed by atoms with Crippen LogP contribution in [-0.4, -0.2) is 17.9 Å². The second-order valence-electron chi connectivity index (χ2n) is 7.30. The van der Waals surface area contributed by atoms with E-state index < -0.39 is 29.1 Å². The van der Waals surface area contributed by atoms with E-state index in [1.165, 1.54) is 6.26 Å². The maximum absolute atomic E-state index is 14.4. The Kier molecular flexibility index (Phi) is 6.14. The van der Waals surface area contributed by atoms with Crippen molar-refractivity contribution < 1.29 is 27.5 Å². The maximum Gasteiger partial charge on any atom is 0.272 e. The molecule has 0 atom stereocenters. The first-order valence-corrected chi connectivity index (χ1v) is 10.8. The lowest BCUT2D eigenvalue weighted by molar-refractivity contribution is -0.119. The van der Waals surface area contributed by atoms with Crippen LogP contribution in [0.4, 0.5) is 14.5 Å². The number of benzene rings is 2. The first kappa shape index (κ1) is 21.8. The summed E-state index contributed by atoms with van der Waals surface area (Å²) in [7, 11) is 0. The number of furan rings is 1. The van der Waals surface area contributed by atoms with Crippen molar-refractivity contribution in [3.63, 3.8) is 0 Å². The van der Waals surface area contributed by atoms with Crippen molar-refractivity contribution in [1.82, 2.24) is 0 Å². The summed E-state index contributed by atoms with van der Waals surface area (Å²) in [6.45, 7) is 3.79. The minimum Gasteiger partial charge on any atom is -0.491 e. The summed E-state index contributed by atoms with van der Waals surface area (Å²) in [6.07, 6.45) is 1.48. The summed E-state index contributed by atoms with van der Waals surface area (Å²) < 4.78 is 39.2. The van der Waals surface area contributed by atoms with Crippen molar-refractivity contribution >= 4 is 34.8 Å². The van der Waals surface area contributed by atoms with E-state index >= 15 is 0 Å². The Hall–Kier alpha value is -3.39. The number of imide groups is 1. The van der Waals surface area contributed by atoms with Gasteiger partial charge in [-0.3, -0.25) is 9.59 Å². The second kappa shape index (κ2) is 9.00. The quantitative estimate of drug-likeness (QED) is 0.437. The number of hydrogen-bond acceptors (Lipinski definition) is 5. The van der Waals surface area contributed by atoms with E-state index in [1.54, 1.807) is 36.4 Å². The molecule has 1 aliphatic rings. The van der Waals surface area contributed by atoms with Crippen LogP contribution >= 0.6 is 11.8 Å². The third kappa shape index (κ3) is 4.31. The molecule has 1 aliphatic heterocycles. The molecule has 0 saturated carbocycles. The molecular weight excluding hydrogens is 436 g/mol.